The van der Waals surface area contributed by atoms with Gasteiger partial charge in [0.1, 0.15) is 9.98 Å². The summed E-state index contributed by atoms with van der Waals surface area (Å²) in [6, 6.07) is 0. The van der Waals surface area contributed by atoms with Crippen molar-refractivity contribution in [2.75, 3.05) is 11.9 Å². The fourth-order valence-corrected chi connectivity index (χ4v) is 3.96. The van der Waals surface area contributed by atoms with Gasteiger partial charge in [-0.15, -0.1) is 17.9 Å². The van der Waals surface area contributed by atoms with Crippen LogP contribution in [0.3, 0.4) is 0 Å². The van der Waals surface area contributed by atoms with Gasteiger partial charge in [0.2, 0.25) is 5.95 Å². The molecule has 5 heteroatoms. The average molecular weight is 280 g/mol. The second-order valence-corrected chi connectivity index (χ2v) is 5.84. The van der Waals surface area contributed by atoms with Crippen molar-refractivity contribution in [1.29, 1.82) is 0 Å². The molecule has 2 aromatic rings. The molecule has 1 N–H and O–H groups in total. The molecule has 0 radical (unpaired) electrons. The smallest absolute Gasteiger partial charge is 0.225 e. The van der Waals surface area contributed by atoms with E-state index < -0.39 is 0 Å². The zero-order chi connectivity index (χ0) is 12.5. The highest BCUT2D eigenvalue weighted by atomic mass is 35.5. The summed E-state index contributed by atoms with van der Waals surface area (Å²) in [5.41, 5.74) is 1.38. The van der Waals surface area contributed by atoms with Crippen LogP contribution in [-0.2, 0) is 12.8 Å². The lowest BCUT2D eigenvalue weighted by atomic mass is 9.97. The summed E-state index contributed by atoms with van der Waals surface area (Å²) in [5, 5.41) is 4.73. The van der Waals surface area contributed by atoms with Gasteiger partial charge in [-0.05, 0) is 31.2 Å². The van der Waals surface area contributed by atoms with Crippen LogP contribution in [-0.4, -0.2) is 16.5 Å². The van der Waals surface area contributed by atoms with Crippen LogP contribution in [0.15, 0.2) is 12.7 Å². The Balaban J connectivity index is 2.11. The first-order valence-corrected chi connectivity index (χ1v) is 7.31. The molecule has 1 aliphatic carbocycles. The molecule has 0 fully saturated rings. The standard InChI is InChI=1S/C13H14ClN3S/c1-2-7-15-13-16-11(14)10-8-5-3-4-6-9(8)18-12(10)17-13/h2H,1,3-7H2,(H,15,16,17). The van der Waals surface area contributed by atoms with E-state index in [1.54, 1.807) is 17.4 Å². The van der Waals surface area contributed by atoms with Crippen molar-refractivity contribution in [1.82, 2.24) is 9.97 Å². The monoisotopic (exact) mass is 279 g/mol. The van der Waals surface area contributed by atoms with E-state index in [9.17, 15) is 0 Å². The maximum Gasteiger partial charge on any atom is 0.225 e. The molecule has 2 heterocycles. The summed E-state index contributed by atoms with van der Waals surface area (Å²) in [7, 11) is 0. The predicted molar refractivity (Wildman–Crippen MR) is 77.8 cm³/mol. The van der Waals surface area contributed by atoms with Gasteiger partial charge in [-0.25, -0.2) is 9.97 Å². The van der Waals surface area contributed by atoms with Crippen LogP contribution in [0.5, 0.6) is 0 Å². The van der Waals surface area contributed by atoms with E-state index in [0.717, 1.165) is 23.1 Å². The number of thiophene rings is 1. The number of fused-ring (bicyclic) bond motifs is 3. The molecule has 0 unspecified atom stereocenters. The fourth-order valence-electron chi connectivity index (χ4n) is 2.36. The van der Waals surface area contributed by atoms with E-state index in [1.165, 1.54) is 23.3 Å². The number of aryl methyl sites for hydroxylation is 2. The molecule has 0 aliphatic heterocycles. The third-order valence-electron chi connectivity index (χ3n) is 3.18. The van der Waals surface area contributed by atoms with Crippen molar-refractivity contribution in [2.24, 2.45) is 0 Å². The predicted octanol–water partition coefficient (Wildman–Crippen LogP) is 3.82. The minimum Gasteiger partial charge on any atom is -0.351 e. The molecule has 94 valence electrons. The zero-order valence-electron chi connectivity index (χ0n) is 10.0. The van der Waals surface area contributed by atoms with E-state index in [1.807, 2.05) is 0 Å². The third-order valence-corrected chi connectivity index (χ3v) is 4.63. The number of rotatable bonds is 3. The molecule has 0 amide bonds. The minimum absolute atomic E-state index is 0.575. The molecule has 0 saturated carbocycles. The van der Waals surface area contributed by atoms with Crippen molar-refractivity contribution in [3.05, 3.63) is 28.2 Å². The number of hydrogen-bond donors (Lipinski definition) is 1. The van der Waals surface area contributed by atoms with Crippen molar-refractivity contribution in [3.8, 4) is 0 Å². The molecular formula is C13H14ClN3S. The van der Waals surface area contributed by atoms with Crippen LogP contribution >= 0.6 is 22.9 Å². The average Bonchev–Trinajstić information content (AvgIpc) is 2.74. The minimum atomic E-state index is 0.575. The topological polar surface area (TPSA) is 37.8 Å². The first kappa shape index (κ1) is 11.9. The third kappa shape index (κ3) is 1.99. The van der Waals surface area contributed by atoms with Gasteiger partial charge in [-0.3, -0.25) is 0 Å². The SMILES string of the molecule is C=CCNc1nc(Cl)c2c3c(sc2n1)CCCC3. The lowest BCUT2D eigenvalue weighted by molar-refractivity contribution is 0.700. The molecule has 1 aliphatic rings. The summed E-state index contributed by atoms with van der Waals surface area (Å²) >= 11 is 8.07. The van der Waals surface area contributed by atoms with Gasteiger partial charge in [-0.2, -0.15) is 0 Å². The highest BCUT2D eigenvalue weighted by Gasteiger charge is 2.20. The summed E-state index contributed by atoms with van der Waals surface area (Å²) in [6.07, 6.45) is 6.55. The van der Waals surface area contributed by atoms with Crippen molar-refractivity contribution >= 4 is 39.1 Å². The van der Waals surface area contributed by atoms with Gasteiger partial charge in [-0.1, -0.05) is 17.7 Å². The van der Waals surface area contributed by atoms with Gasteiger partial charge >= 0.3 is 0 Å². The maximum atomic E-state index is 6.31. The number of hydrogen-bond acceptors (Lipinski definition) is 4. The van der Waals surface area contributed by atoms with Gasteiger partial charge in [0.05, 0.1) is 5.39 Å². The molecule has 0 saturated heterocycles. The molecule has 0 aromatic carbocycles. The molecule has 18 heavy (non-hydrogen) atoms. The number of aromatic nitrogens is 2. The molecule has 0 bridgehead atoms. The van der Waals surface area contributed by atoms with Crippen LogP contribution < -0.4 is 5.32 Å². The Morgan fingerprint density at radius 3 is 3.00 bits per heavy atom. The van der Waals surface area contributed by atoms with E-state index >= 15 is 0 Å². The Hall–Kier alpha value is -1.13. The van der Waals surface area contributed by atoms with Crippen molar-refractivity contribution < 1.29 is 0 Å². The fraction of sp³-hybridized carbons (Fsp3) is 0.385. The number of nitrogens with one attached hydrogen (secondary N) is 1. The van der Waals surface area contributed by atoms with Gasteiger partial charge < -0.3 is 5.32 Å². The number of anilines is 1. The summed E-state index contributed by atoms with van der Waals surface area (Å²) in [5.74, 6) is 0.589. The Kier molecular flexibility index (Phi) is 3.22. The van der Waals surface area contributed by atoms with Gasteiger partial charge in [0.15, 0.2) is 0 Å². The molecular weight excluding hydrogens is 266 g/mol. The second kappa shape index (κ2) is 4.86. The quantitative estimate of drug-likeness (QED) is 0.686. The normalized spacial score (nSPS) is 14.5. The van der Waals surface area contributed by atoms with E-state index in [0.29, 0.717) is 17.6 Å². The van der Waals surface area contributed by atoms with Crippen LogP contribution in [0.2, 0.25) is 5.15 Å². The molecule has 0 atom stereocenters. The highest BCUT2D eigenvalue weighted by molar-refractivity contribution is 7.19. The van der Waals surface area contributed by atoms with E-state index in [-0.39, 0.29) is 0 Å². The Bertz CT molecular complexity index is 606. The van der Waals surface area contributed by atoms with Crippen LogP contribution in [0.4, 0.5) is 5.95 Å². The van der Waals surface area contributed by atoms with Crippen molar-refractivity contribution in [2.45, 2.75) is 25.7 Å². The number of halogens is 1. The lowest BCUT2D eigenvalue weighted by Crippen LogP contribution is -2.03. The molecule has 2 aromatic heterocycles. The van der Waals surface area contributed by atoms with E-state index in [4.69, 9.17) is 11.6 Å². The van der Waals surface area contributed by atoms with Gasteiger partial charge in [0, 0.05) is 11.4 Å². The largest absolute Gasteiger partial charge is 0.351 e. The summed E-state index contributed by atoms with van der Waals surface area (Å²) in [4.78, 5) is 11.3. The molecule has 3 rings (SSSR count). The Labute approximate surface area is 115 Å². The first-order chi connectivity index (χ1) is 8.79. The Morgan fingerprint density at radius 2 is 2.17 bits per heavy atom. The summed E-state index contributed by atoms with van der Waals surface area (Å²) in [6.45, 7) is 4.31. The zero-order valence-corrected chi connectivity index (χ0v) is 11.6. The molecule has 3 nitrogen and oxygen atoms in total. The van der Waals surface area contributed by atoms with Crippen molar-refractivity contribution in [3.63, 3.8) is 0 Å². The second-order valence-electron chi connectivity index (χ2n) is 4.40. The van der Waals surface area contributed by atoms with Crippen LogP contribution in [0.25, 0.3) is 10.2 Å². The molecule has 0 spiro atoms. The maximum absolute atomic E-state index is 6.31. The van der Waals surface area contributed by atoms with Crippen LogP contribution in [0.1, 0.15) is 23.3 Å². The first-order valence-electron chi connectivity index (χ1n) is 6.12. The number of nitrogens with zero attached hydrogens (tertiary/aromatic N) is 2. The summed E-state index contributed by atoms with van der Waals surface area (Å²) < 4.78 is 0. The lowest BCUT2D eigenvalue weighted by Gasteiger charge is -2.10. The van der Waals surface area contributed by atoms with E-state index in [2.05, 4.69) is 21.9 Å². The highest BCUT2D eigenvalue weighted by Crippen LogP contribution is 2.38. The Morgan fingerprint density at radius 1 is 1.33 bits per heavy atom. The van der Waals surface area contributed by atoms with Crippen LogP contribution in [0, 0.1) is 0 Å². The van der Waals surface area contributed by atoms with Gasteiger partial charge in [0.25, 0.3) is 0 Å².